The van der Waals surface area contributed by atoms with Crippen molar-refractivity contribution >= 4 is 5.65 Å². The van der Waals surface area contributed by atoms with E-state index < -0.39 is 0 Å². The lowest BCUT2D eigenvalue weighted by Crippen LogP contribution is -1.87. The number of nitrogens with zero attached hydrogens (tertiary/aromatic N) is 3. The fraction of sp³-hybridized carbons (Fsp3) is 0. The lowest BCUT2D eigenvalue weighted by molar-refractivity contribution is 0.943. The highest BCUT2D eigenvalue weighted by atomic mass is 15.2. The third-order valence-corrected chi connectivity index (χ3v) is 2.59. The zero-order chi connectivity index (χ0) is 11.7. The minimum atomic E-state index is 0.717. The van der Waals surface area contributed by atoms with Gasteiger partial charge >= 0.3 is 0 Å². The normalized spacial score (nSPS) is 10.3. The molecule has 0 bridgehead atoms. The van der Waals surface area contributed by atoms with E-state index in [9.17, 15) is 0 Å². The average molecular weight is 219 g/mol. The summed E-state index contributed by atoms with van der Waals surface area (Å²) in [5, 5.41) is 4.47. The van der Waals surface area contributed by atoms with Crippen LogP contribution in [0, 0.1) is 12.3 Å². The van der Waals surface area contributed by atoms with E-state index in [1.807, 2.05) is 42.6 Å². The molecule has 0 aliphatic heterocycles. The first-order valence-electron chi connectivity index (χ1n) is 5.25. The molecule has 0 radical (unpaired) electrons. The quantitative estimate of drug-likeness (QED) is 0.588. The first kappa shape index (κ1) is 9.61. The Hall–Kier alpha value is -2.60. The van der Waals surface area contributed by atoms with Gasteiger partial charge < -0.3 is 0 Å². The summed E-state index contributed by atoms with van der Waals surface area (Å²) in [7, 11) is 0. The highest BCUT2D eigenvalue weighted by Gasteiger charge is 2.12. The Balaban J connectivity index is 2.35. The van der Waals surface area contributed by atoms with Crippen LogP contribution in [0.5, 0.6) is 0 Å². The third-order valence-electron chi connectivity index (χ3n) is 2.59. The molecule has 0 aliphatic carbocycles. The van der Waals surface area contributed by atoms with E-state index in [1.54, 1.807) is 10.7 Å². The molecule has 0 fully saturated rings. The van der Waals surface area contributed by atoms with E-state index in [0.717, 1.165) is 16.8 Å². The Morgan fingerprint density at radius 3 is 2.71 bits per heavy atom. The Labute approximate surface area is 98.7 Å². The van der Waals surface area contributed by atoms with Gasteiger partial charge in [0.15, 0.2) is 5.65 Å². The summed E-state index contributed by atoms with van der Waals surface area (Å²) < 4.78 is 1.71. The number of aromatic nitrogens is 3. The number of terminal acetylenes is 1. The van der Waals surface area contributed by atoms with Crippen molar-refractivity contribution in [1.29, 1.82) is 0 Å². The zero-order valence-electron chi connectivity index (χ0n) is 9.04. The van der Waals surface area contributed by atoms with Crippen molar-refractivity contribution in [3.8, 4) is 23.6 Å². The van der Waals surface area contributed by atoms with E-state index in [4.69, 9.17) is 6.42 Å². The first-order chi connectivity index (χ1) is 8.40. The van der Waals surface area contributed by atoms with E-state index >= 15 is 0 Å². The summed E-state index contributed by atoms with van der Waals surface area (Å²) in [6.45, 7) is 0. The molecule has 0 atom stereocenters. The molecule has 3 rings (SSSR count). The van der Waals surface area contributed by atoms with Gasteiger partial charge in [-0.25, -0.2) is 9.50 Å². The minimum Gasteiger partial charge on any atom is -0.236 e. The topological polar surface area (TPSA) is 30.2 Å². The second kappa shape index (κ2) is 3.76. The molecule has 0 aliphatic rings. The standard InChI is InChI=1S/C14H9N3/c1-2-12-13(11-7-4-3-5-8-11)16-17-10-6-9-15-14(12)17/h1,3-10H. The number of hydrogen-bond donors (Lipinski definition) is 0. The lowest BCUT2D eigenvalue weighted by atomic mass is 10.1. The molecule has 0 saturated carbocycles. The number of rotatable bonds is 1. The zero-order valence-corrected chi connectivity index (χ0v) is 9.04. The average Bonchev–Trinajstić information content (AvgIpc) is 2.78. The van der Waals surface area contributed by atoms with Crippen molar-refractivity contribution in [3.05, 3.63) is 54.4 Å². The molecule has 2 heterocycles. The minimum absolute atomic E-state index is 0.717. The molecular formula is C14H9N3. The molecule has 3 aromatic rings. The molecule has 17 heavy (non-hydrogen) atoms. The van der Waals surface area contributed by atoms with E-state index in [1.165, 1.54) is 0 Å². The van der Waals surface area contributed by atoms with Crippen molar-refractivity contribution in [2.24, 2.45) is 0 Å². The van der Waals surface area contributed by atoms with Crippen LogP contribution in [0.2, 0.25) is 0 Å². The summed E-state index contributed by atoms with van der Waals surface area (Å²) in [5.41, 5.74) is 3.25. The van der Waals surface area contributed by atoms with Crippen LogP contribution >= 0.6 is 0 Å². The Kier molecular flexibility index (Phi) is 2.13. The van der Waals surface area contributed by atoms with Gasteiger partial charge in [0.05, 0.1) is 5.56 Å². The summed E-state index contributed by atoms with van der Waals surface area (Å²) in [6.07, 6.45) is 9.11. The van der Waals surface area contributed by atoms with Crippen LogP contribution < -0.4 is 0 Å². The smallest absolute Gasteiger partial charge is 0.171 e. The summed E-state index contributed by atoms with van der Waals surface area (Å²) >= 11 is 0. The largest absolute Gasteiger partial charge is 0.236 e. The van der Waals surface area contributed by atoms with Gasteiger partial charge in [-0.15, -0.1) is 6.42 Å². The number of fused-ring (bicyclic) bond motifs is 1. The van der Waals surface area contributed by atoms with Gasteiger partial charge in [-0.3, -0.25) is 0 Å². The molecule has 0 N–H and O–H groups in total. The highest BCUT2D eigenvalue weighted by Crippen LogP contribution is 2.23. The van der Waals surface area contributed by atoms with Gasteiger partial charge in [-0.2, -0.15) is 5.10 Å². The molecule has 0 saturated heterocycles. The SMILES string of the molecule is C#Cc1c(-c2ccccc2)nn2cccnc12. The predicted molar refractivity (Wildman–Crippen MR) is 66.4 cm³/mol. The van der Waals surface area contributed by atoms with Crippen molar-refractivity contribution in [2.75, 3.05) is 0 Å². The molecule has 0 spiro atoms. The maximum Gasteiger partial charge on any atom is 0.171 e. The molecule has 3 nitrogen and oxygen atoms in total. The lowest BCUT2D eigenvalue weighted by Gasteiger charge is -1.95. The Bertz CT molecular complexity index is 705. The van der Waals surface area contributed by atoms with Crippen molar-refractivity contribution in [2.45, 2.75) is 0 Å². The van der Waals surface area contributed by atoms with Crippen LogP contribution in [0.15, 0.2) is 48.8 Å². The van der Waals surface area contributed by atoms with Gasteiger partial charge in [-0.1, -0.05) is 36.3 Å². The Morgan fingerprint density at radius 1 is 1.12 bits per heavy atom. The molecular weight excluding hydrogens is 210 g/mol. The molecule has 0 amide bonds. The van der Waals surface area contributed by atoms with E-state index in [2.05, 4.69) is 16.0 Å². The molecule has 1 aromatic carbocycles. The van der Waals surface area contributed by atoms with Gasteiger partial charge in [0.1, 0.15) is 5.69 Å². The predicted octanol–water partition coefficient (Wildman–Crippen LogP) is 2.38. The number of hydrogen-bond acceptors (Lipinski definition) is 2. The molecule has 2 aromatic heterocycles. The van der Waals surface area contributed by atoms with Gasteiger partial charge in [0, 0.05) is 18.0 Å². The van der Waals surface area contributed by atoms with Gasteiger partial charge in [-0.05, 0) is 6.07 Å². The van der Waals surface area contributed by atoms with Gasteiger partial charge in [0.2, 0.25) is 0 Å². The third kappa shape index (κ3) is 1.47. The fourth-order valence-electron chi connectivity index (χ4n) is 1.82. The van der Waals surface area contributed by atoms with Crippen LogP contribution in [0.25, 0.3) is 16.9 Å². The van der Waals surface area contributed by atoms with Crippen LogP contribution in [0.3, 0.4) is 0 Å². The summed E-state index contributed by atoms with van der Waals surface area (Å²) in [5.74, 6) is 2.67. The molecule has 3 heteroatoms. The monoisotopic (exact) mass is 219 g/mol. The van der Waals surface area contributed by atoms with Crippen molar-refractivity contribution < 1.29 is 0 Å². The maximum absolute atomic E-state index is 5.56. The summed E-state index contributed by atoms with van der Waals surface area (Å²) in [6, 6.07) is 11.7. The maximum atomic E-state index is 5.56. The van der Waals surface area contributed by atoms with Crippen molar-refractivity contribution in [3.63, 3.8) is 0 Å². The van der Waals surface area contributed by atoms with Crippen LogP contribution in [0.1, 0.15) is 5.56 Å². The molecule has 80 valence electrons. The fourth-order valence-corrected chi connectivity index (χ4v) is 1.82. The van der Waals surface area contributed by atoms with E-state index in [-0.39, 0.29) is 0 Å². The van der Waals surface area contributed by atoms with Gasteiger partial charge in [0.25, 0.3) is 0 Å². The second-order valence-corrected chi connectivity index (χ2v) is 3.62. The highest BCUT2D eigenvalue weighted by molar-refractivity contribution is 5.75. The van der Waals surface area contributed by atoms with Crippen LogP contribution in [0.4, 0.5) is 0 Å². The Morgan fingerprint density at radius 2 is 1.94 bits per heavy atom. The van der Waals surface area contributed by atoms with Crippen LogP contribution in [-0.2, 0) is 0 Å². The first-order valence-corrected chi connectivity index (χ1v) is 5.25. The van der Waals surface area contributed by atoms with Crippen LogP contribution in [-0.4, -0.2) is 14.6 Å². The molecule has 0 unspecified atom stereocenters. The van der Waals surface area contributed by atoms with Crippen molar-refractivity contribution in [1.82, 2.24) is 14.6 Å². The summed E-state index contributed by atoms with van der Waals surface area (Å²) in [4.78, 5) is 4.26. The van der Waals surface area contributed by atoms with E-state index in [0.29, 0.717) is 5.65 Å². The number of benzene rings is 1. The second-order valence-electron chi connectivity index (χ2n) is 3.62.